The molecular formula is C17H16F2N2O2. The summed E-state index contributed by atoms with van der Waals surface area (Å²) in [7, 11) is 0. The highest BCUT2D eigenvalue weighted by molar-refractivity contribution is 5.68. The van der Waals surface area contributed by atoms with E-state index in [-0.39, 0.29) is 24.4 Å². The fourth-order valence-corrected chi connectivity index (χ4v) is 1.84. The highest BCUT2D eigenvalue weighted by atomic mass is 19.2. The first-order chi connectivity index (χ1) is 11.1. The average Bonchev–Trinajstić information content (AvgIpc) is 2.57. The standard InChI is InChI=1S/C17H16F2N2O2/c18-14-8-9-15(20)13(16(14)19)7-4-10-21-17(22)23-11-12-5-2-1-3-6-12/h1-9H,10-11,20H2,(H,21,22). The molecule has 6 heteroatoms. The Morgan fingerprint density at radius 3 is 2.65 bits per heavy atom. The molecule has 2 rings (SSSR count). The first kappa shape index (κ1) is 16.5. The molecule has 0 radical (unpaired) electrons. The minimum atomic E-state index is -1.02. The Morgan fingerprint density at radius 2 is 1.91 bits per heavy atom. The zero-order chi connectivity index (χ0) is 16.7. The van der Waals surface area contributed by atoms with Gasteiger partial charge in [0.15, 0.2) is 11.6 Å². The van der Waals surface area contributed by atoms with Crippen molar-refractivity contribution in [3.8, 4) is 0 Å². The third-order valence-electron chi connectivity index (χ3n) is 3.03. The molecule has 0 aliphatic rings. The summed E-state index contributed by atoms with van der Waals surface area (Å²) in [5.41, 5.74) is 6.51. The SMILES string of the molecule is Nc1ccc(F)c(F)c1C=CCNC(=O)OCc1ccccc1. The van der Waals surface area contributed by atoms with Crippen LogP contribution in [-0.4, -0.2) is 12.6 Å². The molecule has 4 nitrogen and oxygen atoms in total. The molecule has 1 amide bonds. The zero-order valence-electron chi connectivity index (χ0n) is 12.3. The number of rotatable bonds is 5. The van der Waals surface area contributed by atoms with Gasteiger partial charge in [-0.15, -0.1) is 0 Å². The monoisotopic (exact) mass is 318 g/mol. The summed E-state index contributed by atoms with van der Waals surface area (Å²) in [4.78, 5) is 11.5. The molecule has 120 valence electrons. The minimum Gasteiger partial charge on any atom is -0.445 e. The smallest absolute Gasteiger partial charge is 0.407 e. The van der Waals surface area contributed by atoms with Gasteiger partial charge >= 0.3 is 6.09 Å². The normalized spacial score (nSPS) is 10.7. The second kappa shape index (κ2) is 7.93. The summed E-state index contributed by atoms with van der Waals surface area (Å²) in [6.07, 6.45) is 2.16. The van der Waals surface area contributed by atoms with Crippen molar-refractivity contribution in [2.24, 2.45) is 0 Å². The van der Waals surface area contributed by atoms with E-state index in [4.69, 9.17) is 10.5 Å². The molecule has 0 unspecified atom stereocenters. The lowest BCUT2D eigenvalue weighted by Gasteiger charge is -2.06. The van der Waals surface area contributed by atoms with Gasteiger partial charge < -0.3 is 15.8 Å². The van der Waals surface area contributed by atoms with Gasteiger partial charge in [-0.2, -0.15) is 0 Å². The molecule has 0 spiro atoms. The summed E-state index contributed by atoms with van der Waals surface area (Å²) < 4.78 is 31.6. The predicted molar refractivity (Wildman–Crippen MR) is 84.4 cm³/mol. The van der Waals surface area contributed by atoms with Crippen molar-refractivity contribution >= 4 is 17.9 Å². The minimum absolute atomic E-state index is 0.0514. The van der Waals surface area contributed by atoms with E-state index in [1.807, 2.05) is 30.3 Å². The molecular weight excluding hydrogens is 302 g/mol. The van der Waals surface area contributed by atoms with Gasteiger partial charge in [-0.05, 0) is 17.7 Å². The lowest BCUT2D eigenvalue weighted by molar-refractivity contribution is 0.141. The number of halogens is 2. The Balaban J connectivity index is 1.80. The van der Waals surface area contributed by atoms with Gasteiger partial charge in [0.2, 0.25) is 0 Å². The molecule has 0 aliphatic heterocycles. The Bertz CT molecular complexity index is 703. The molecule has 2 aromatic rings. The number of benzene rings is 2. The van der Waals surface area contributed by atoms with E-state index in [9.17, 15) is 13.6 Å². The number of carbonyl (C=O) groups excluding carboxylic acids is 1. The van der Waals surface area contributed by atoms with Crippen LogP contribution in [-0.2, 0) is 11.3 Å². The van der Waals surface area contributed by atoms with E-state index in [0.29, 0.717) is 0 Å². The van der Waals surface area contributed by atoms with Gasteiger partial charge in [-0.3, -0.25) is 0 Å². The summed E-state index contributed by atoms with van der Waals surface area (Å²) in [5, 5.41) is 2.47. The van der Waals surface area contributed by atoms with Crippen molar-refractivity contribution in [3.63, 3.8) is 0 Å². The topological polar surface area (TPSA) is 64.3 Å². The number of ether oxygens (including phenoxy) is 1. The Kier molecular flexibility index (Phi) is 5.68. The highest BCUT2D eigenvalue weighted by Gasteiger charge is 2.08. The highest BCUT2D eigenvalue weighted by Crippen LogP contribution is 2.20. The molecule has 0 saturated heterocycles. The van der Waals surface area contributed by atoms with Crippen molar-refractivity contribution < 1.29 is 18.3 Å². The first-order valence-corrected chi connectivity index (χ1v) is 6.92. The van der Waals surface area contributed by atoms with Crippen LogP contribution < -0.4 is 11.1 Å². The number of carbonyl (C=O) groups is 1. The quantitative estimate of drug-likeness (QED) is 0.830. The van der Waals surface area contributed by atoms with Crippen molar-refractivity contribution in [1.82, 2.24) is 5.32 Å². The molecule has 2 aromatic carbocycles. The summed E-state index contributed by atoms with van der Waals surface area (Å²) in [6.45, 7) is 0.255. The molecule has 23 heavy (non-hydrogen) atoms. The molecule has 0 saturated carbocycles. The molecule has 3 N–H and O–H groups in total. The zero-order valence-corrected chi connectivity index (χ0v) is 12.3. The fourth-order valence-electron chi connectivity index (χ4n) is 1.84. The Hall–Kier alpha value is -2.89. The number of anilines is 1. The van der Waals surface area contributed by atoms with Gasteiger partial charge in [0.25, 0.3) is 0 Å². The number of hydrogen-bond donors (Lipinski definition) is 2. The molecule has 0 aromatic heterocycles. The number of nitrogens with one attached hydrogen (secondary N) is 1. The molecule has 0 aliphatic carbocycles. The van der Waals surface area contributed by atoms with E-state index in [2.05, 4.69) is 5.32 Å². The van der Waals surface area contributed by atoms with Crippen molar-refractivity contribution in [3.05, 3.63) is 71.3 Å². The van der Waals surface area contributed by atoms with Gasteiger partial charge in [0, 0.05) is 17.8 Å². The van der Waals surface area contributed by atoms with Gasteiger partial charge in [-0.1, -0.05) is 42.5 Å². The van der Waals surface area contributed by atoms with Crippen molar-refractivity contribution in [1.29, 1.82) is 0 Å². The number of alkyl carbamates (subject to hydrolysis) is 1. The average molecular weight is 318 g/mol. The molecule has 0 bridgehead atoms. The van der Waals surface area contributed by atoms with Gasteiger partial charge in [-0.25, -0.2) is 13.6 Å². The van der Waals surface area contributed by atoms with Crippen LogP contribution in [0.2, 0.25) is 0 Å². The number of hydrogen-bond acceptors (Lipinski definition) is 3. The lowest BCUT2D eigenvalue weighted by Crippen LogP contribution is -2.24. The van der Waals surface area contributed by atoms with Crippen LogP contribution in [0.15, 0.2) is 48.5 Å². The third kappa shape index (κ3) is 4.81. The van der Waals surface area contributed by atoms with E-state index < -0.39 is 17.7 Å². The molecule has 0 heterocycles. The Morgan fingerprint density at radius 1 is 1.17 bits per heavy atom. The predicted octanol–water partition coefficient (Wildman–Crippen LogP) is 3.49. The molecule has 0 fully saturated rings. The maximum Gasteiger partial charge on any atom is 0.407 e. The van der Waals surface area contributed by atoms with Crippen LogP contribution in [0.1, 0.15) is 11.1 Å². The van der Waals surface area contributed by atoms with E-state index >= 15 is 0 Å². The number of nitrogens with two attached hydrogens (primary N) is 1. The van der Waals surface area contributed by atoms with Crippen LogP contribution in [0.5, 0.6) is 0 Å². The summed E-state index contributed by atoms with van der Waals surface area (Å²) in [6, 6.07) is 11.5. The van der Waals surface area contributed by atoms with Crippen molar-refractivity contribution in [2.75, 3.05) is 12.3 Å². The maximum atomic E-state index is 13.5. The largest absolute Gasteiger partial charge is 0.445 e. The lowest BCUT2D eigenvalue weighted by atomic mass is 10.1. The van der Waals surface area contributed by atoms with Gasteiger partial charge in [0.05, 0.1) is 0 Å². The van der Waals surface area contributed by atoms with Crippen LogP contribution in [0.3, 0.4) is 0 Å². The van der Waals surface area contributed by atoms with Crippen LogP contribution in [0.25, 0.3) is 6.08 Å². The van der Waals surface area contributed by atoms with Crippen molar-refractivity contribution in [2.45, 2.75) is 6.61 Å². The van der Waals surface area contributed by atoms with Crippen LogP contribution >= 0.6 is 0 Å². The van der Waals surface area contributed by atoms with E-state index in [1.165, 1.54) is 18.2 Å². The third-order valence-corrected chi connectivity index (χ3v) is 3.03. The van der Waals surface area contributed by atoms with Crippen LogP contribution in [0, 0.1) is 11.6 Å². The second-order valence-electron chi connectivity index (χ2n) is 4.71. The summed E-state index contributed by atoms with van der Waals surface area (Å²) in [5.74, 6) is -2.00. The summed E-state index contributed by atoms with van der Waals surface area (Å²) >= 11 is 0. The second-order valence-corrected chi connectivity index (χ2v) is 4.71. The maximum absolute atomic E-state index is 13.5. The van der Waals surface area contributed by atoms with E-state index in [1.54, 1.807) is 0 Å². The van der Waals surface area contributed by atoms with Gasteiger partial charge in [0.1, 0.15) is 6.61 Å². The number of nitrogen functional groups attached to an aromatic ring is 1. The van der Waals surface area contributed by atoms with Crippen LogP contribution in [0.4, 0.5) is 19.3 Å². The van der Waals surface area contributed by atoms with E-state index in [0.717, 1.165) is 11.6 Å². The fraction of sp³-hybridized carbons (Fsp3) is 0.118. The Labute approximate surface area is 132 Å². The first-order valence-electron chi connectivity index (χ1n) is 6.92. The molecule has 0 atom stereocenters. The number of amides is 1.